The van der Waals surface area contributed by atoms with E-state index in [-0.39, 0.29) is 23.6 Å². The molecule has 1 atom stereocenters. The maximum Gasteiger partial charge on any atom is 0.260 e. The minimum Gasteiger partial charge on any atom is -0.508 e. The van der Waals surface area contributed by atoms with Gasteiger partial charge in [0.1, 0.15) is 11.5 Å². The standard InChI is InChI=1S/C45H47ClN4O5/c1-30-32(10-7-12-43(30)54-2)27-49(35-14-16-37(51)17-15-35)45(53)40-26-42(48-19-6-5-11-41(40)48)39-25-34(46)13-18-38(39)44(52)50-28-33-9-4-3-8-31(33)24-36(50)29-47-20-22-55-23-21-47/h3-4,7-10,12-18,25-26,36,51H,5-6,11,19-24,27-29H2,1-2H3/t36-/m0/s1. The summed E-state index contributed by atoms with van der Waals surface area (Å²) in [4.78, 5) is 36.2. The number of methoxy groups -OCH3 is 1. The number of hydrogen-bond acceptors (Lipinski definition) is 6. The summed E-state index contributed by atoms with van der Waals surface area (Å²) in [5.74, 6) is 0.678. The van der Waals surface area contributed by atoms with Crippen LogP contribution in [0.15, 0.2) is 91.0 Å². The van der Waals surface area contributed by atoms with Crippen LogP contribution in [0.1, 0.15) is 61.5 Å². The molecular formula is C45H47ClN4O5. The van der Waals surface area contributed by atoms with Gasteiger partial charge < -0.3 is 28.9 Å². The fraction of sp³-hybridized carbons (Fsp3) is 0.333. The third kappa shape index (κ3) is 7.49. The molecule has 0 spiro atoms. The minimum absolute atomic E-state index is 0.0127. The molecule has 4 aromatic carbocycles. The molecule has 9 nitrogen and oxygen atoms in total. The van der Waals surface area contributed by atoms with Crippen LogP contribution in [0, 0.1) is 6.92 Å². The third-order valence-corrected chi connectivity index (χ3v) is 11.7. The number of amides is 2. The van der Waals surface area contributed by atoms with E-state index in [1.807, 2.05) is 54.3 Å². The maximum absolute atomic E-state index is 15.0. The van der Waals surface area contributed by atoms with Crippen molar-refractivity contribution < 1.29 is 24.2 Å². The number of anilines is 1. The first-order chi connectivity index (χ1) is 26.8. The lowest BCUT2D eigenvalue weighted by atomic mass is 9.92. The zero-order valence-electron chi connectivity index (χ0n) is 31.5. The molecule has 5 aromatic rings. The first-order valence-corrected chi connectivity index (χ1v) is 19.6. The van der Waals surface area contributed by atoms with Gasteiger partial charge in [0.2, 0.25) is 0 Å². The van der Waals surface area contributed by atoms with Crippen molar-refractivity contribution in [2.45, 2.75) is 58.3 Å². The van der Waals surface area contributed by atoms with Gasteiger partial charge in [0.15, 0.2) is 0 Å². The van der Waals surface area contributed by atoms with Gasteiger partial charge in [-0.25, -0.2) is 0 Å². The molecule has 1 aromatic heterocycles. The average molecular weight is 759 g/mol. The highest BCUT2D eigenvalue weighted by Gasteiger charge is 2.35. The summed E-state index contributed by atoms with van der Waals surface area (Å²) in [6.45, 7) is 7.40. The number of hydrogen-bond donors (Lipinski definition) is 1. The fourth-order valence-corrected chi connectivity index (χ4v) is 8.68. The molecular weight excluding hydrogens is 712 g/mol. The van der Waals surface area contributed by atoms with Gasteiger partial charge in [-0.2, -0.15) is 0 Å². The van der Waals surface area contributed by atoms with E-state index >= 15 is 9.59 Å². The van der Waals surface area contributed by atoms with Gasteiger partial charge in [-0.1, -0.05) is 48.0 Å². The Morgan fingerprint density at radius 3 is 2.47 bits per heavy atom. The number of rotatable bonds is 9. The van der Waals surface area contributed by atoms with Gasteiger partial charge >= 0.3 is 0 Å². The summed E-state index contributed by atoms with van der Waals surface area (Å²) >= 11 is 6.75. The summed E-state index contributed by atoms with van der Waals surface area (Å²) in [6.07, 6.45) is 3.43. The lowest BCUT2D eigenvalue weighted by Gasteiger charge is -2.40. The molecule has 2 amide bonds. The van der Waals surface area contributed by atoms with Crippen LogP contribution in [0.3, 0.4) is 0 Å². The number of fused-ring (bicyclic) bond motifs is 2. The molecule has 1 fully saturated rings. The van der Waals surface area contributed by atoms with Gasteiger partial charge in [0.05, 0.1) is 32.4 Å². The predicted octanol–water partition coefficient (Wildman–Crippen LogP) is 7.91. The van der Waals surface area contributed by atoms with Gasteiger partial charge in [-0.3, -0.25) is 14.5 Å². The van der Waals surface area contributed by atoms with Crippen molar-refractivity contribution in [3.05, 3.63) is 135 Å². The van der Waals surface area contributed by atoms with Crippen molar-refractivity contribution in [1.82, 2.24) is 14.4 Å². The minimum atomic E-state index is -0.155. The average Bonchev–Trinajstić information content (AvgIpc) is 3.60. The number of ether oxygens (including phenoxy) is 2. The topological polar surface area (TPSA) is 87.5 Å². The monoisotopic (exact) mass is 758 g/mol. The lowest BCUT2D eigenvalue weighted by Crippen LogP contribution is -2.52. The Kier molecular flexibility index (Phi) is 10.7. The third-order valence-electron chi connectivity index (χ3n) is 11.5. The van der Waals surface area contributed by atoms with Crippen molar-refractivity contribution in [1.29, 1.82) is 0 Å². The number of halogens is 1. The number of benzene rings is 4. The summed E-state index contributed by atoms with van der Waals surface area (Å²) < 4.78 is 13.5. The summed E-state index contributed by atoms with van der Waals surface area (Å²) in [6, 6.07) is 28.5. The molecule has 0 bridgehead atoms. The van der Waals surface area contributed by atoms with Crippen molar-refractivity contribution in [2.75, 3.05) is 44.9 Å². The second-order valence-corrected chi connectivity index (χ2v) is 15.2. The Hall–Kier alpha value is -5.09. The van der Waals surface area contributed by atoms with E-state index in [2.05, 4.69) is 27.7 Å². The molecule has 8 rings (SSSR count). The molecule has 55 heavy (non-hydrogen) atoms. The molecule has 1 N–H and O–H groups in total. The highest BCUT2D eigenvalue weighted by Crippen LogP contribution is 2.37. The zero-order valence-corrected chi connectivity index (χ0v) is 32.2. The SMILES string of the molecule is COc1cccc(CN(C(=O)c2cc(-c3cc(Cl)ccc3C(=O)N3Cc4ccccc4C[C@H]3CN3CCOCC3)n3c2CCCC3)c2ccc(O)cc2)c1C. The first kappa shape index (κ1) is 36.9. The Balaban J connectivity index is 1.19. The van der Waals surface area contributed by atoms with Crippen LogP contribution in [0.5, 0.6) is 11.5 Å². The Morgan fingerprint density at radius 2 is 1.69 bits per heavy atom. The van der Waals surface area contributed by atoms with Gasteiger partial charge in [0.25, 0.3) is 11.8 Å². The number of phenolic OH excluding ortho intramolecular Hbond substituents is 1. The quantitative estimate of drug-likeness (QED) is 0.165. The molecule has 0 radical (unpaired) electrons. The molecule has 10 heteroatoms. The normalized spacial score (nSPS) is 17.0. The van der Waals surface area contributed by atoms with Crippen LogP contribution in [-0.4, -0.2) is 77.3 Å². The van der Waals surface area contributed by atoms with Crippen molar-refractivity contribution in [3.63, 3.8) is 0 Å². The zero-order chi connectivity index (χ0) is 38.1. The number of morpholine rings is 1. The van der Waals surface area contributed by atoms with Crippen LogP contribution in [0.25, 0.3) is 11.3 Å². The Bertz CT molecular complexity index is 2210. The highest BCUT2D eigenvalue weighted by molar-refractivity contribution is 6.31. The first-order valence-electron chi connectivity index (χ1n) is 19.2. The maximum atomic E-state index is 15.0. The largest absolute Gasteiger partial charge is 0.508 e. The van der Waals surface area contributed by atoms with Crippen LogP contribution in [-0.2, 0) is 37.2 Å². The van der Waals surface area contributed by atoms with Crippen molar-refractivity contribution >= 4 is 29.1 Å². The van der Waals surface area contributed by atoms with Gasteiger partial charge in [-0.15, -0.1) is 0 Å². The van der Waals surface area contributed by atoms with E-state index in [0.29, 0.717) is 48.1 Å². The fourth-order valence-electron chi connectivity index (χ4n) is 8.51. The van der Waals surface area contributed by atoms with Gasteiger partial charge in [-0.05, 0) is 109 Å². The van der Waals surface area contributed by atoms with E-state index in [1.54, 1.807) is 42.3 Å². The van der Waals surface area contributed by atoms with Crippen molar-refractivity contribution in [2.24, 2.45) is 0 Å². The molecule has 284 valence electrons. The van der Waals surface area contributed by atoms with Crippen molar-refractivity contribution in [3.8, 4) is 22.8 Å². The number of carbonyl (C=O) groups is 2. The number of nitrogens with zero attached hydrogens (tertiary/aromatic N) is 4. The van der Waals surface area contributed by atoms with E-state index in [0.717, 1.165) is 91.3 Å². The number of aromatic nitrogens is 1. The number of aromatic hydroxyl groups is 1. The van der Waals surface area contributed by atoms with E-state index in [9.17, 15) is 5.11 Å². The van der Waals surface area contributed by atoms with Crippen LogP contribution < -0.4 is 9.64 Å². The summed E-state index contributed by atoms with van der Waals surface area (Å²) in [7, 11) is 1.65. The number of phenols is 1. The molecule has 0 unspecified atom stereocenters. The molecule has 3 aliphatic heterocycles. The summed E-state index contributed by atoms with van der Waals surface area (Å²) in [5, 5.41) is 10.7. The smallest absolute Gasteiger partial charge is 0.260 e. The molecule has 0 aliphatic carbocycles. The molecule has 3 aliphatic rings. The second-order valence-electron chi connectivity index (χ2n) is 14.8. The number of carbonyl (C=O) groups excluding carboxylic acids is 2. The van der Waals surface area contributed by atoms with Gasteiger partial charge in [0, 0.05) is 72.0 Å². The summed E-state index contributed by atoms with van der Waals surface area (Å²) in [5.41, 5.74) is 8.68. The van der Waals surface area contributed by atoms with E-state index in [1.165, 1.54) is 5.56 Å². The van der Waals surface area contributed by atoms with Crippen LogP contribution in [0.2, 0.25) is 5.02 Å². The van der Waals surface area contributed by atoms with E-state index in [4.69, 9.17) is 21.1 Å². The van der Waals surface area contributed by atoms with E-state index < -0.39 is 0 Å². The Labute approximate surface area is 327 Å². The highest BCUT2D eigenvalue weighted by atomic mass is 35.5. The predicted molar refractivity (Wildman–Crippen MR) is 215 cm³/mol. The molecule has 4 heterocycles. The lowest BCUT2D eigenvalue weighted by molar-refractivity contribution is 0.0193. The molecule has 0 saturated carbocycles. The van der Waals surface area contributed by atoms with Crippen LogP contribution >= 0.6 is 11.6 Å². The van der Waals surface area contributed by atoms with Crippen LogP contribution in [0.4, 0.5) is 5.69 Å². The Morgan fingerprint density at radius 1 is 0.909 bits per heavy atom. The second kappa shape index (κ2) is 15.9. The molecule has 1 saturated heterocycles.